The number of Topliss-reactive ketones (excluding diaryl/α,β-unsaturated/α-hetero) is 1. The number of thioether (sulfide) groups is 1. The Labute approximate surface area is 124 Å². The van der Waals surface area contributed by atoms with Crippen LogP contribution < -0.4 is 0 Å². The van der Waals surface area contributed by atoms with E-state index in [1.54, 1.807) is 6.07 Å². The first kappa shape index (κ1) is 15.2. The molecule has 0 amide bonds. The van der Waals surface area contributed by atoms with E-state index >= 15 is 0 Å². The molecule has 0 fully saturated rings. The lowest BCUT2D eigenvalue weighted by Crippen LogP contribution is -2.03. The Morgan fingerprint density at radius 3 is 2.95 bits per heavy atom. The van der Waals surface area contributed by atoms with Crippen molar-refractivity contribution in [2.45, 2.75) is 25.0 Å². The number of nitro benzene ring substituents is 1. The van der Waals surface area contributed by atoms with Crippen molar-refractivity contribution in [3.63, 3.8) is 0 Å². The molecule has 0 aliphatic carbocycles. The molecule has 2 rings (SSSR count). The van der Waals surface area contributed by atoms with Gasteiger partial charge in [-0.3, -0.25) is 14.9 Å². The fourth-order valence-electron chi connectivity index (χ4n) is 1.61. The van der Waals surface area contributed by atoms with Crippen LogP contribution in [0.4, 0.5) is 5.69 Å². The zero-order valence-electron chi connectivity index (χ0n) is 11.3. The molecule has 1 aromatic heterocycles. The molecule has 8 heteroatoms. The van der Waals surface area contributed by atoms with Crippen LogP contribution >= 0.6 is 11.8 Å². The van der Waals surface area contributed by atoms with Crippen molar-refractivity contribution >= 4 is 23.2 Å². The number of benzene rings is 1. The van der Waals surface area contributed by atoms with E-state index in [1.165, 1.54) is 18.2 Å². The number of nitrogens with zero attached hydrogens (tertiary/aromatic N) is 3. The van der Waals surface area contributed by atoms with Crippen LogP contribution in [0.5, 0.6) is 0 Å². The summed E-state index contributed by atoms with van der Waals surface area (Å²) in [4.78, 5) is 22.1. The number of non-ortho nitro benzene ring substituents is 1. The monoisotopic (exact) mass is 307 g/mol. The van der Waals surface area contributed by atoms with Gasteiger partial charge in [0, 0.05) is 24.1 Å². The van der Waals surface area contributed by atoms with Crippen LogP contribution in [-0.4, -0.2) is 26.7 Å². The summed E-state index contributed by atoms with van der Waals surface area (Å²) in [6, 6.07) is 5.65. The molecule has 0 saturated carbocycles. The number of carbonyl (C=O) groups excluding carboxylic acids is 1. The van der Waals surface area contributed by atoms with E-state index in [4.69, 9.17) is 4.42 Å². The van der Waals surface area contributed by atoms with Gasteiger partial charge in [-0.2, -0.15) is 0 Å². The number of ketones is 1. The fraction of sp³-hybridized carbons (Fsp3) is 0.308. The normalized spacial score (nSPS) is 10.5. The lowest BCUT2D eigenvalue weighted by molar-refractivity contribution is -0.384. The van der Waals surface area contributed by atoms with Crippen LogP contribution in [0.1, 0.15) is 29.6 Å². The summed E-state index contributed by atoms with van der Waals surface area (Å²) >= 11 is 1.12. The summed E-state index contributed by atoms with van der Waals surface area (Å²) in [5.74, 6) is 0.413. The van der Waals surface area contributed by atoms with Crippen LogP contribution in [0.15, 0.2) is 33.9 Å². The SMILES string of the molecule is CCCc1nnc(SCC(=O)c2cccc([N+](=O)[O-])c2)o1. The standard InChI is InChI=1S/C13H13N3O4S/c1-2-4-12-14-15-13(20-12)21-8-11(17)9-5-3-6-10(7-9)16(18)19/h3,5-7H,2,4,8H2,1H3. The maximum atomic E-state index is 12.0. The van der Waals surface area contributed by atoms with E-state index in [0.717, 1.165) is 18.2 Å². The Morgan fingerprint density at radius 1 is 1.43 bits per heavy atom. The minimum atomic E-state index is -0.529. The molecule has 21 heavy (non-hydrogen) atoms. The second-order valence-corrected chi connectivity index (χ2v) is 5.16. The van der Waals surface area contributed by atoms with Gasteiger partial charge in [-0.05, 0) is 6.42 Å². The Balaban J connectivity index is 1.97. The second-order valence-electron chi connectivity index (χ2n) is 4.23. The largest absolute Gasteiger partial charge is 0.416 e. The van der Waals surface area contributed by atoms with Gasteiger partial charge in [0.25, 0.3) is 10.9 Å². The van der Waals surface area contributed by atoms with Gasteiger partial charge in [0.2, 0.25) is 5.89 Å². The van der Waals surface area contributed by atoms with Gasteiger partial charge in [0.15, 0.2) is 5.78 Å². The van der Waals surface area contributed by atoms with Crippen molar-refractivity contribution in [2.75, 3.05) is 5.75 Å². The van der Waals surface area contributed by atoms with Gasteiger partial charge in [-0.15, -0.1) is 10.2 Å². The van der Waals surface area contributed by atoms with Gasteiger partial charge in [-0.25, -0.2) is 0 Å². The minimum Gasteiger partial charge on any atom is -0.416 e. The van der Waals surface area contributed by atoms with Crippen molar-refractivity contribution in [3.05, 3.63) is 45.8 Å². The molecular weight excluding hydrogens is 294 g/mol. The fourth-order valence-corrected chi connectivity index (χ4v) is 2.29. The van der Waals surface area contributed by atoms with Gasteiger partial charge in [0.1, 0.15) is 0 Å². The molecule has 0 saturated heterocycles. The molecule has 1 heterocycles. The maximum Gasteiger partial charge on any atom is 0.277 e. The highest BCUT2D eigenvalue weighted by molar-refractivity contribution is 7.99. The number of carbonyl (C=O) groups is 1. The summed E-state index contributed by atoms with van der Waals surface area (Å²) in [6.45, 7) is 2.00. The smallest absolute Gasteiger partial charge is 0.277 e. The highest BCUT2D eigenvalue weighted by atomic mass is 32.2. The third-order valence-corrected chi connectivity index (χ3v) is 3.44. The van der Waals surface area contributed by atoms with Crippen LogP contribution in [0, 0.1) is 10.1 Å². The lowest BCUT2D eigenvalue weighted by atomic mass is 10.1. The Hall–Kier alpha value is -2.22. The van der Waals surface area contributed by atoms with E-state index in [2.05, 4.69) is 10.2 Å². The summed E-state index contributed by atoms with van der Waals surface area (Å²) < 4.78 is 5.35. The lowest BCUT2D eigenvalue weighted by Gasteiger charge is -1.99. The molecule has 0 unspecified atom stereocenters. The van der Waals surface area contributed by atoms with E-state index < -0.39 is 4.92 Å². The topological polar surface area (TPSA) is 99.1 Å². The Morgan fingerprint density at radius 2 is 2.24 bits per heavy atom. The summed E-state index contributed by atoms with van der Waals surface area (Å²) in [5, 5.41) is 18.7. The van der Waals surface area contributed by atoms with Crippen molar-refractivity contribution < 1.29 is 14.1 Å². The van der Waals surface area contributed by atoms with Gasteiger partial charge in [0.05, 0.1) is 10.7 Å². The van der Waals surface area contributed by atoms with Crippen molar-refractivity contribution in [1.82, 2.24) is 10.2 Å². The number of hydrogen-bond donors (Lipinski definition) is 0. The number of aromatic nitrogens is 2. The van der Waals surface area contributed by atoms with Crippen LogP contribution in [-0.2, 0) is 6.42 Å². The average molecular weight is 307 g/mol. The number of hydrogen-bond acceptors (Lipinski definition) is 7. The van der Waals surface area contributed by atoms with Gasteiger partial charge >= 0.3 is 0 Å². The third-order valence-electron chi connectivity index (χ3n) is 2.62. The molecule has 0 atom stereocenters. The van der Waals surface area contributed by atoms with E-state index in [0.29, 0.717) is 23.1 Å². The molecule has 2 aromatic rings. The zero-order chi connectivity index (χ0) is 15.2. The highest BCUT2D eigenvalue weighted by Crippen LogP contribution is 2.20. The summed E-state index contributed by atoms with van der Waals surface area (Å²) in [7, 11) is 0. The predicted octanol–water partition coefficient (Wildman–Crippen LogP) is 2.91. The number of nitro groups is 1. The summed E-state index contributed by atoms with van der Waals surface area (Å²) in [6.07, 6.45) is 1.60. The Bertz CT molecular complexity index is 656. The molecule has 0 bridgehead atoms. The second kappa shape index (κ2) is 6.98. The van der Waals surface area contributed by atoms with E-state index in [9.17, 15) is 14.9 Å². The van der Waals surface area contributed by atoms with Crippen molar-refractivity contribution in [1.29, 1.82) is 0 Å². The molecule has 1 aromatic carbocycles. The summed E-state index contributed by atoms with van der Waals surface area (Å²) in [5.41, 5.74) is 0.193. The molecule has 7 nitrogen and oxygen atoms in total. The van der Waals surface area contributed by atoms with Gasteiger partial charge < -0.3 is 4.42 Å². The first-order chi connectivity index (χ1) is 10.1. The third kappa shape index (κ3) is 4.12. The van der Waals surface area contributed by atoms with Crippen LogP contribution in [0.3, 0.4) is 0 Å². The average Bonchev–Trinajstić information content (AvgIpc) is 2.93. The zero-order valence-corrected chi connectivity index (χ0v) is 12.1. The van der Waals surface area contributed by atoms with Crippen LogP contribution in [0.2, 0.25) is 0 Å². The van der Waals surface area contributed by atoms with E-state index in [-0.39, 0.29) is 17.2 Å². The van der Waals surface area contributed by atoms with Gasteiger partial charge in [-0.1, -0.05) is 30.8 Å². The Kier molecular flexibility index (Phi) is 5.04. The predicted molar refractivity (Wildman–Crippen MR) is 76.4 cm³/mol. The maximum absolute atomic E-state index is 12.0. The van der Waals surface area contributed by atoms with Crippen LogP contribution in [0.25, 0.3) is 0 Å². The molecule has 0 spiro atoms. The first-order valence-corrected chi connectivity index (χ1v) is 7.31. The van der Waals surface area contributed by atoms with E-state index in [1.807, 2.05) is 6.92 Å². The first-order valence-electron chi connectivity index (χ1n) is 6.33. The molecule has 0 aliphatic rings. The number of aryl methyl sites for hydroxylation is 1. The van der Waals surface area contributed by atoms with Crippen molar-refractivity contribution in [2.24, 2.45) is 0 Å². The quantitative estimate of drug-likeness (QED) is 0.335. The van der Waals surface area contributed by atoms with Crippen molar-refractivity contribution in [3.8, 4) is 0 Å². The highest BCUT2D eigenvalue weighted by Gasteiger charge is 2.14. The molecule has 0 aliphatic heterocycles. The molecule has 0 radical (unpaired) electrons. The molecular formula is C13H13N3O4S. The molecule has 110 valence electrons. The molecule has 0 N–H and O–H groups in total. The minimum absolute atomic E-state index is 0.0922. The number of rotatable bonds is 7.